The molecule has 0 bridgehead atoms. The molecule has 1 aromatic carbocycles. The minimum absolute atomic E-state index is 0.129. The predicted molar refractivity (Wildman–Crippen MR) is 117 cm³/mol. The molecule has 3 heterocycles. The molecule has 1 amide bonds. The topological polar surface area (TPSA) is 36.4 Å². The highest BCUT2D eigenvalue weighted by atomic mass is 19.4. The summed E-state index contributed by atoms with van der Waals surface area (Å²) in [6, 6.07) is 11.1. The van der Waals surface area contributed by atoms with Crippen molar-refractivity contribution in [2.75, 3.05) is 33.2 Å². The second-order valence-corrected chi connectivity index (χ2v) is 9.13. The normalized spacial score (nSPS) is 21.0. The number of hydrogen-bond acceptors (Lipinski definition) is 3. The summed E-state index contributed by atoms with van der Waals surface area (Å²) in [5, 5.41) is 0. The largest absolute Gasteiger partial charge is 0.416 e. The van der Waals surface area contributed by atoms with Crippen LogP contribution in [0.15, 0.2) is 42.5 Å². The predicted octanol–water partition coefficient (Wildman–Crippen LogP) is 4.74. The highest BCUT2D eigenvalue weighted by Gasteiger charge is 2.32. The molecule has 2 aliphatic heterocycles. The molecule has 2 fully saturated rings. The number of benzene rings is 1. The van der Waals surface area contributed by atoms with Gasteiger partial charge in [-0.1, -0.05) is 18.2 Å². The van der Waals surface area contributed by atoms with Crippen molar-refractivity contribution in [3.63, 3.8) is 0 Å². The zero-order valence-electron chi connectivity index (χ0n) is 18.4. The third kappa shape index (κ3) is 5.49. The van der Waals surface area contributed by atoms with Gasteiger partial charge in [-0.25, -0.2) is 0 Å². The van der Waals surface area contributed by atoms with E-state index in [0.717, 1.165) is 74.4 Å². The van der Waals surface area contributed by atoms with Gasteiger partial charge in [0.05, 0.1) is 5.56 Å². The van der Waals surface area contributed by atoms with Crippen molar-refractivity contribution in [2.24, 2.45) is 5.92 Å². The molecule has 2 aromatic rings. The molecule has 1 atom stereocenters. The molecule has 2 saturated heterocycles. The maximum absolute atomic E-state index is 13.0. The van der Waals surface area contributed by atoms with E-state index in [1.165, 1.54) is 12.1 Å². The fraction of sp³-hybridized carbons (Fsp3) is 0.520. The van der Waals surface area contributed by atoms with Gasteiger partial charge in [0.1, 0.15) is 0 Å². The van der Waals surface area contributed by atoms with E-state index in [0.29, 0.717) is 13.0 Å². The van der Waals surface area contributed by atoms with Gasteiger partial charge in [-0.15, -0.1) is 0 Å². The van der Waals surface area contributed by atoms with Gasteiger partial charge >= 0.3 is 6.18 Å². The Labute approximate surface area is 187 Å². The molecule has 0 radical (unpaired) electrons. The van der Waals surface area contributed by atoms with Crippen LogP contribution in [0.4, 0.5) is 13.2 Å². The quantitative estimate of drug-likeness (QED) is 0.682. The number of amides is 1. The molecule has 0 unspecified atom stereocenters. The van der Waals surface area contributed by atoms with Crippen molar-refractivity contribution < 1.29 is 18.0 Å². The summed E-state index contributed by atoms with van der Waals surface area (Å²) < 4.78 is 38.4. The number of carbonyl (C=O) groups excluding carboxylic acids is 1. The van der Waals surface area contributed by atoms with Crippen molar-refractivity contribution in [1.29, 1.82) is 0 Å². The zero-order valence-corrected chi connectivity index (χ0v) is 18.4. The minimum Gasteiger partial charge on any atom is -0.342 e. The lowest BCUT2D eigenvalue weighted by Gasteiger charge is -2.37. The van der Waals surface area contributed by atoms with Gasteiger partial charge < -0.3 is 9.80 Å². The number of alkyl halides is 3. The Morgan fingerprint density at radius 3 is 2.44 bits per heavy atom. The van der Waals surface area contributed by atoms with Crippen LogP contribution in [-0.4, -0.2) is 53.9 Å². The first-order valence-corrected chi connectivity index (χ1v) is 11.4. The van der Waals surface area contributed by atoms with Crippen LogP contribution in [0.25, 0.3) is 0 Å². The number of nitrogens with zero attached hydrogens (tertiary/aromatic N) is 3. The van der Waals surface area contributed by atoms with Crippen LogP contribution < -0.4 is 0 Å². The number of halogens is 3. The third-order valence-corrected chi connectivity index (χ3v) is 6.71. The van der Waals surface area contributed by atoms with Crippen LogP contribution in [0.1, 0.15) is 54.1 Å². The Morgan fingerprint density at radius 1 is 1.03 bits per heavy atom. The highest BCUT2D eigenvalue weighted by molar-refractivity contribution is 5.79. The monoisotopic (exact) mass is 445 g/mol. The molecule has 4 rings (SSSR count). The van der Waals surface area contributed by atoms with Crippen LogP contribution >= 0.6 is 0 Å². The van der Waals surface area contributed by atoms with Gasteiger partial charge in [-0.3, -0.25) is 9.78 Å². The van der Waals surface area contributed by atoms with E-state index >= 15 is 0 Å². The van der Waals surface area contributed by atoms with E-state index in [-0.39, 0.29) is 17.7 Å². The Kier molecular flexibility index (Phi) is 6.84. The standard InChI is InChI=1S/C25H30F3N3O/c1-30-14-11-19(12-15-30)24(32)31-13-3-4-20(17-31)23-6-2-5-22(29-23)16-18-7-9-21(10-8-18)25(26,27)28/h2,5-10,19-20H,3-4,11-17H2,1H3/t20-/m1/s1. The van der Waals surface area contributed by atoms with Gasteiger partial charge in [-0.05, 0) is 75.6 Å². The molecule has 172 valence electrons. The Hall–Kier alpha value is -2.41. The van der Waals surface area contributed by atoms with Gasteiger partial charge in [0.15, 0.2) is 0 Å². The fourth-order valence-corrected chi connectivity index (χ4v) is 4.78. The molecular weight excluding hydrogens is 415 g/mol. The number of pyridine rings is 1. The number of rotatable bonds is 4. The lowest BCUT2D eigenvalue weighted by molar-refractivity contribution is -0.138. The van der Waals surface area contributed by atoms with E-state index in [1.807, 2.05) is 23.1 Å². The number of piperidine rings is 2. The first-order chi connectivity index (χ1) is 15.3. The van der Waals surface area contributed by atoms with Crippen molar-refractivity contribution >= 4 is 5.91 Å². The Morgan fingerprint density at radius 2 is 1.75 bits per heavy atom. The smallest absolute Gasteiger partial charge is 0.342 e. The maximum atomic E-state index is 13.0. The number of carbonyl (C=O) groups is 1. The Balaban J connectivity index is 1.40. The highest BCUT2D eigenvalue weighted by Crippen LogP contribution is 2.30. The van der Waals surface area contributed by atoms with Crippen molar-refractivity contribution in [3.8, 4) is 0 Å². The zero-order chi connectivity index (χ0) is 22.7. The summed E-state index contributed by atoms with van der Waals surface area (Å²) in [6.07, 6.45) is -0.0258. The number of likely N-dealkylation sites (tertiary alicyclic amines) is 2. The molecule has 2 aliphatic rings. The lowest BCUT2D eigenvalue weighted by atomic mass is 9.90. The molecule has 0 saturated carbocycles. The van der Waals surface area contributed by atoms with E-state index < -0.39 is 11.7 Å². The summed E-state index contributed by atoms with van der Waals surface area (Å²) in [5.74, 6) is 0.610. The molecule has 0 aliphatic carbocycles. The third-order valence-electron chi connectivity index (χ3n) is 6.71. The average molecular weight is 446 g/mol. The average Bonchev–Trinajstić information content (AvgIpc) is 2.79. The van der Waals surface area contributed by atoms with E-state index in [2.05, 4.69) is 11.9 Å². The molecule has 0 spiro atoms. The van der Waals surface area contributed by atoms with Crippen LogP contribution in [0.5, 0.6) is 0 Å². The summed E-state index contributed by atoms with van der Waals surface area (Å²) in [5.41, 5.74) is 1.96. The number of hydrogen-bond donors (Lipinski definition) is 0. The molecule has 7 heteroatoms. The van der Waals surface area contributed by atoms with Gasteiger partial charge in [0.2, 0.25) is 5.91 Å². The SMILES string of the molecule is CN1CCC(C(=O)N2CCC[C@@H](c3cccc(Cc4ccc(C(F)(F)F)cc4)n3)C2)CC1. The second kappa shape index (κ2) is 9.61. The summed E-state index contributed by atoms with van der Waals surface area (Å²) in [6.45, 7) is 3.46. The molecule has 4 nitrogen and oxygen atoms in total. The van der Waals surface area contributed by atoms with E-state index in [4.69, 9.17) is 4.98 Å². The summed E-state index contributed by atoms with van der Waals surface area (Å²) in [4.78, 5) is 22.2. The summed E-state index contributed by atoms with van der Waals surface area (Å²) >= 11 is 0. The van der Waals surface area contributed by atoms with Crippen LogP contribution in [0.3, 0.4) is 0 Å². The lowest BCUT2D eigenvalue weighted by Crippen LogP contribution is -2.45. The van der Waals surface area contributed by atoms with Crippen LogP contribution in [0, 0.1) is 5.92 Å². The summed E-state index contributed by atoms with van der Waals surface area (Å²) in [7, 11) is 2.10. The van der Waals surface area contributed by atoms with Crippen molar-refractivity contribution in [1.82, 2.24) is 14.8 Å². The van der Waals surface area contributed by atoms with E-state index in [9.17, 15) is 18.0 Å². The Bertz CT molecular complexity index is 921. The van der Waals surface area contributed by atoms with Crippen LogP contribution in [0.2, 0.25) is 0 Å². The fourth-order valence-electron chi connectivity index (χ4n) is 4.78. The van der Waals surface area contributed by atoms with Gasteiger partial charge in [0, 0.05) is 42.7 Å². The van der Waals surface area contributed by atoms with Gasteiger partial charge in [-0.2, -0.15) is 13.2 Å². The molecular formula is C25H30F3N3O. The maximum Gasteiger partial charge on any atom is 0.416 e. The van der Waals surface area contributed by atoms with Gasteiger partial charge in [0.25, 0.3) is 0 Å². The molecule has 32 heavy (non-hydrogen) atoms. The minimum atomic E-state index is -4.32. The molecule has 1 aromatic heterocycles. The van der Waals surface area contributed by atoms with Crippen molar-refractivity contribution in [3.05, 3.63) is 65.0 Å². The van der Waals surface area contributed by atoms with E-state index in [1.54, 1.807) is 0 Å². The molecule has 0 N–H and O–H groups in total. The van der Waals surface area contributed by atoms with Crippen LogP contribution in [-0.2, 0) is 17.4 Å². The first kappa shape index (κ1) is 22.8. The number of aromatic nitrogens is 1. The second-order valence-electron chi connectivity index (χ2n) is 9.13. The van der Waals surface area contributed by atoms with Crippen molar-refractivity contribution in [2.45, 2.75) is 44.2 Å². The first-order valence-electron chi connectivity index (χ1n) is 11.4.